The van der Waals surface area contributed by atoms with Gasteiger partial charge in [0.05, 0.1) is 19.5 Å². The number of amides is 1. The zero-order valence-electron chi connectivity index (χ0n) is 11.7. The van der Waals surface area contributed by atoms with Crippen LogP contribution in [0, 0.1) is 5.92 Å². The van der Waals surface area contributed by atoms with E-state index in [4.69, 9.17) is 4.74 Å². The van der Waals surface area contributed by atoms with Crippen molar-refractivity contribution in [3.8, 4) is 0 Å². The zero-order chi connectivity index (χ0) is 14.6. The third-order valence-electron chi connectivity index (χ3n) is 3.80. The van der Waals surface area contributed by atoms with Crippen LogP contribution in [0.15, 0.2) is 0 Å². The number of ether oxygens (including phenoxy) is 1. The molecule has 2 fully saturated rings. The second kappa shape index (κ2) is 6.84. The molecule has 0 aromatic carbocycles. The van der Waals surface area contributed by atoms with Crippen LogP contribution in [0.2, 0.25) is 0 Å². The number of nitrogens with one attached hydrogen (secondary N) is 3. The van der Waals surface area contributed by atoms with Gasteiger partial charge in [0.15, 0.2) is 0 Å². The summed E-state index contributed by atoms with van der Waals surface area (Å²) < 4.78 is 30.5. The molecular weight excluding hydrogens is 282 g/mol. The first kappa shape index (κ1) is 15.7. The van der Waals surface area contributed by atoms with Gasteiger partial charge in [-0.05, 0) is 18.8 Å². The minimum absolute atomic E-state index is 0.0686. The van der Waals surface area contributed by atoms with Gasteiger partial charge in [0.2, 0.25) is 15.9 Å². The highest BCUT2D eigenvalue weighted by Gasteiger charge is 2.30. The lowest BCUT2D eigenvalue weighted by Crippen LogP contribution is -2.52. The molecule has 0 radical (unpaired) electrons. The maximum atomic E-state index is 12.0. The molecule has 1 amide bonds. The molecule has 2 aliphatic rings. The Kier molecular flexibility index (Phi) is 5.36. The van der Waals surface area contributed by atoms with E-state index < -0.39 is 10.0 Å². The summed E-state index contributed by atoms with van der Waals surface area (Å²) in [5, 5.41) is 5.99. The number of rotatable bonds is 5. The Bertz CT molecular complexity index is 434. The van der Waals surface area contributed by atoms with Gasteiger partial charge in [-0.25, -0.2) is 13.1 Å². The first-order chi connectivity index (χ1) is 9.46. The molecule has 3 unspecified atom stereocenters. The van der Waals surface area contributed by atoms with Gasteiger partial charge in [-0.1, -0.05) is 6.42 Å². The van der Waals surface area contributed by atoms with Crippen LogP contribution < -0.4 is 15.4 Å². The maximum Gasteiger partial charge on any atom is 0.239 e. The van der Waals surface area contributed by atoms with Gasteiger partial charge in [0.1, 0.15) is 6.04 Å². The molecule has 3 N–H and O–H groups in total. The molecule has 0 bridgehead atoms. The normalized spacial score (nSPS) is 31.1. The molecule has 0 spiro atoms. The Hall–Kier alpha value is -0.700. The fraction of sp³-hybridized carbons (Fsp3) is 0.917. The minimum Gasteiger partial charge on any atom is -0.378 e. The van der Waals surface area contributed by atoms with Crippen LogP contribution >= 0.6 is 0 Å². The highest BCUT2D eigenvalue weighted by Crippen LogP contribution is 2.25. The quantitative estimate of drug-likeness (QED) is 0.593. The molecule has 2 rings (SSSR count). The summed E-state index contributed by atoms with van der Waals surface area (Å²) >= 11 is 0. The second-order valence-electron chi connectivity index (χ2n) is 5.51. The lowest BCUT2D eigenvalue weighted by molar-refractivity contribution is -0.126. The molecule has 1 saturated heterocycles. The molecule has 20 heavy (non-hydrogen) atoms. The van der Waals surface area contributed by atoms with E-state index in [1.54, 1.807) is 0 Å². The molecule has 1 heterocycles. The van der Waals surface area contributed by atoms with Gasteiger partial charge >= 0.3 is 0 Å². The van der Waals surface area contributed by atoms with Crippen molar-refractivity contribution in [2.24, 2.45) is 5.92 Å². The van der Waals surface area contributed by atoms with Gasteiger partial charge in [0.25, 0.3) is 0 Å². The van der Waals surface area contributed by atoms with E-state index in [2.05, 4.69) is 15.4 Å². The topological polar surface area (TPSA) is 96.5 Å². The highest BCUT2D eigenvalue weighted by atomic mass is 32.2. The van der Waals surface area contributed by atoms with Crippen molar-refractivity contribution >= 4 is 15.9 Å². The fourth-order valence-corrected chi connectivity index (χ4v) is 3.66. The van der Waals surface area contributed by atoms with Crippen molar-refractivity contribution in [2.45, 2.75) is 31.3 Å². The summed E-state index contributed by atoms with van der Waals surface area (Å²) in [6.45, 7) is 2.21. The number of hydrogen-bond donors (Lipinski definition) is 3. The number of sulfonamides is 1. The van der Waals surface area contributed by atoms with Crippen molar-refractivity contribution < 1.29 is 17.9 Å². The average Bonchev–Trinajstić information content (AvgIpc) is 2.82. The Morgan fingerprint density at radius 1 is 1.40 bits per heavy atom. The van der Waals surface area contributed by atoms with E-state index >= 15 is 0 Å². The lowest BCUT2D eigenvalue weighted by atomic mass is 10.0. The Morgan fingerprint density at radius 3 is 2.85 bits per heavy atom. The Labute approximate surface area is 119 Å². The van der Waals surface area contributed by atoms with Crippen LogP contribution in [0.5, 0.6) is 0 Å². The van der Waals surface area contributed by atoms with Gasteiger partial charge in [-0.3, -0.25) is 4.79 Å². The largest absolute Gasteiger partial charge is 0.378 e. The number of morpholine rings is 1. The predicted octanol–water partition coefficient (Wildman–Crippen LogP) is -1.19. The summed E-state index contributed by atoms with van der Waals surface area (Å²) in [6.07, 6.45) is 3.92. The molecule has 7 nitrogen and oxygen atoms in total. The van der Waals surface area contributed by atoms with E-state index in [9.17, 15) is 13.2 Å². The van der Waals surface area contributed by atoms with Crippen molar-refractivity contribution in [2.75, 3.05) is 32.6 Å². The zero-order valence-corrected chi connectivity index (χ0v) is 12.5. The summed E-state index contributed by atoms with van der Waals surface area (Å²) in [7, 11) is -3.19. The molecule has 1 aliphatic carbocycles. The van der Waals surface area contributed by atoms with Gasteiger partial charge in [0, 0.05) is 19.1 Å². The first-order valence-electron chi connectivity index (χ1n) is 7.02. The molecule has 1 aliphatic heterocycles. The second-order valence-corrected chi connectivity index (χ2v) is 7.29. The van der Waals surface area contributed by atoms with E-state index in [0.29, 0.717) is 26.3 Å². The third-order valence-corrected chi connectivity index (χ3v) is 4.53. The summed E-state index contributed by atoms with van der Waals surface area (Å²) in [5.74, 6) is 0.0906. The third kappa shape index (κ3) is 4.69. The van der Waals surface area contributed by atoms with E-state index in [0.717, 1.165) is 19.3 Å². The lowest BCUT2D eigenvalue weighted by Gasteiger charge is -2.25. The van der Waals surface area contributed by atoms with Crippen LogP contribution in [-0.4, -0.2) is 59.0 Å². The molecule has 3 atom stereocenters. The molecule has 0 aromatic heterocycles. The van der Waals surface area contributed by atoms with Crippen molar-refractivity contribution in [1.82, 2.24) is 15.4 Å². The van der Waals surface area contributed by atoms with Crippen molar-refractivity contribution in [3.63, 3.8) is 0 Å². The number of hydrogen-bond acceptors (Lipinski definition) is 5. The monoisotopic (exact) mass is 305 g/mol. The fourth-order valence-electron chi connectivity index (χ4n) is 2.80. The van der Waals surface area contributed by atoms with Crippen LogP contribution in [0.3, 0.4) is 0 Å². The van der Waals surface area contributed by atoms with Crippen LogP contribution in [0.25, 0.3) is 0 Å². The predicted molar refractivity (Wildman–Crippen MR) is 74.7 cm³/mol. The highest BCUT2D eigenvalue weighted by molar-refractivity contribution is 7.88. The van der Waals surface area contributed by atoms with Crippen LogP contribution in [0.4, 0.5) is 0 Å². The summed E-state index contributed by atoms with van der Waals surface area (Å²) in [4.78, 5) is 12.0. The first-order valence-corrected chi connectivity index (χ1v) is 8.91. The molecule has 0 aromatic rings. The molecular formula is C12H23N3O4S. The van der Waals surface area contributed by atoms with Crippen LogP contribution in [-0.2, 0) is 19.6 Å². The van der Waals surface area contributed by atoms with E-state index in [-0.39, 0.29) is 23.9 Å². The maximum absolute atomic E-state index is 12.0. The number of carbonyl (C=O) groups is 1. The Balaban J connectivity index is 1.78. The standard InChI is InChI=1S/C12H23N3O4S/c1-20(17,18)15-10-4-2-3-9(10)7-14-12(16)11-8-19-6-5-13-11/h9-11,13,15H,2-8H2,1H3,(H,14,16). The average molecular weight is 305 g/mol. The minimum atomic E-state index is -3.19. The van der Waals surface area contributed by atoms with E-state index in [1.165, 1.54) is 6.26 Å². The van der Waals surface area contributed by atoms with Gasteiger partial charge < -0.3 is 15.4 Å². The molecule has 116 valence electrons. The smallest absolute Gasteiger partial charge is 0.239 e. The van der Waals surface area contributed by atoms with Crippen LogP contribution in [0.1, 0.15) is 19.3 Å². The molecule has 8 heteroatoms. The number of carbonyl (C=O) groups excluding carboxylic acids is 1. The molecule has 1 saturated carbocycles. The van der Waals surface area contributed by atoms with Crippen molar-refractivity contribution in [1.29, 1.82) is 0 Å². The summed E-state index contributed by atoms with van der Waals surface area (Å²) in [6, 6.07) is -0.368. The van der Waals surface area contributed by atoms with Gasteiger partial charge in [-0.15, -0.1) is 0 Å². The van der Waals surface area contributed by atoms with E-state index in [1.807, 2.05) is 0 Å². The van der Waals surface area contributed by atoms with Crippen molar-refractivity contribution in [3.05, 3.63) is 0 Å². The summed E-state index contributed by atoms with van der Waals surface area (Å²) in [5.41, 5.74) is 0. The SMILES string of the molecule is CS(=O)(=O)NC1CCCC1CNC(=O)C1COCCN1. The van der Waals surface area contributed by atoms with Gasteiger partial charge in [-0.2, -0.15) is 0 Å². The Morgan fingerprint density at radius 2 is 2.20 bits per heavy atom.